The van der Waals surface area contributed by atoms with Crippen molar-refractivity contribution in [1.82, 2.24) is 19.7 Å². The fourth-order valence-corrected chi connectivity index (χ4v) is 2.02. The van der Waals surface area contributed by atoms with Crippen molar-refractivity contribution in [1.29, 1.82) is 0 Å². The van der Waals surface area contributed by atoms with Gasteiger partial charge in [0.15, 0.2) is 10.6 Å². The maximum absolute atomic E-state index is 5.13. The zero-order valence-electron chi connectivity index (χ0n) is 7.73. The lowest BCUT2D eigenvalue weighted by atomic mass is 10.4. The Labute approximate surface area is 90.6 Å². The van der Waals surface area contributed by atoms with Crippen LogP contribution in [0.25, 0.3) is 11.5 Å². The molecule has 2 heterocycles. The molecule has 0 fully saturated rings. The van der Waals surface area contributed by atoms with E-state index >= 15 is 0 Å². The SMILES string of the molecule is CCCn1c(-c2cscn2)n[nH]c1=S. The molecule has 4 nitrogen and oxygen atoms in total. The summed E-state index contributed by atoms with van der Waals surface area (Å²) in [4.78, 5) is 4.21. The predicted octanol–water partition coefficient (Wildman–Crippen LogP) is 2.47. The summed E-state index contributed by atoms with van der Waals surface area (Å²) in [5.74, 6) is 0.832. The molecule has 14 heavy (non-hydrogen) atoms. The van der Waals surface area contributed by atoms with E-state index < -0.39 is 0 Å². The zero-order chi connectivity index (χ0) is 9.97. The van der Waals surface area contributed by atoms with Crippen LogP contribution < -0.4 is 0 Å². The minimum absolute atomic E-state index is 0.662. The molecule has 0 aromatic carbocycles. The zero-order valence-corrected chi connectivity index (χ0v) is 9.36. The maximum Gasteiger partial charge on any atom is 0.195 e. The standard InChI is InChI=1S/C8H10N4S2/c1-2-3-12-7(10-11-8(12)13)6-4-14-5-9-6/h4-5H,2-3H2,1H3,(H,11,13). The van der Waals surface area contributed by atoms with Crippen molar-refractivity contribution in [3.63, 3.8) is 0 Å². The van der Waals surface area contributed by atoms with Gasteiger partial charge in [-0.15, -0.1) is 11.3 Å². The van der Waals surface area contributed by atoms with Gasteiger partial charge in [-0.2, -0.15) is 5.10 Å². The van der Waals surface area contributed by atoms with Gasteiger partial charge in [0, 0.05) is 11.9 Å². The molecule has 74 valence electrons. The largest absolute Gasteiger partial charge is 0.299 e. The number of nitrogens with one attached hydrogen (secondary N) is 1. The van der Waals surface area contributed by atoms with Crippen LogP contribution in [0.15, 0.2) is 10.9 Å². The number of rotatable bonds is 3. The molecule has 0 saturated heterocycles. The molecule has 0 bridgehead atoms. The summed E-state index contributed by atoms with van der Waals surface area (Å²) in [5.41, 5.74) is 2.68. The van der Waals surface area contributed by atoms with Gasteiger partial charge in [-0.3, -0.25) is 9.67 Å². The van der Waals surface area contributed by atoms with Crippen LogP contribution in [-0.4, -0.2) is 19.7 Å². The lowest BCUT2D eigenvalue weighted by Gasteiger charge is -2.01. The van der Waals surface area contributed by atoms with E-state index in [2.05, 4.69) is 22.1 Å². The van der Waals surface area contributed by atoms with Gasteiger partial charge in [0.05, 0.1) is 5.51 Å². The summed E-state index contributed by atoms with van der Waals surface area (Å²) in [6, 6.07) is 0. The summed E-state index contributed by atoms with van der Waals surface area (Å²) in [7, 11) is 0. The Morgan fingerprint density at radius 3 is 3.14 bits per heavy atom. The number of H-pyrrole nitrogens is 1. The lowest BCUT2D eigenvalue weighted by Crippen LogP contribution is -1.99. The van der Waals surface area contributed by atoms with E-state index in [1.54, 1.807) is 16.8 Å². The summed E-state index contributed by atoms with van der Waals surface area (Å²) in [5, 5.41) is 8.93. The molecule has 6 heteroatoms. The third-order valence-corrected chi connectivity index (χ3v) is 2.77. The smallest absolute Gasteiger partial charge is 0.195 e. The van der Waals surface area contributed by atoms with Gasteiger partial charge >= 0.3 is 0 Å². The Morgan fingerprint density at radius 1 is 1.64 bits per heavy atom. The van der Waals surface area contributed by atoms with E-state index in [4.69, 9.17) is 12.2 Å². The lowest BCUT2D eigenvalue weighted by molar-refractivity contribution is 0.674. The van der Waals surface area contributed by atoms with E-state index in [0.717, 1.165) is 24.5 Å². The van der Waals surface area contributed by atoms with Crippen molar-refractivity contribution in [3.05, 3.63) is 15.7 Å². The second-order valence-corrected chi connectivity index (χ2v) is 3.98. The molecular formula is C8H10N4S2. The third kappa shape index (κ3) is 1.62. The molecule has 0 aliphatic rings. The van der Waals surface area contributed by atoms with Gasteiger partial charge < -0.3 is 0 Å². The topological polar surface area (TPSA) is 46.5 Å². The number of aromatic nitrogens is 4. The monoisotopic (exact) mass is 226 g/mol. The van der Waals surface area contributed by atoms with Crippen LogP contribution in [0.5, 0.6) is 0 Å². The summed E-state index contributed by atoms with van der Waals surface area (Å²) in [6.07, 6.45) is 1.03. The first-order chi connectivity index (χ1) is 6.83. The predicted molar refractivity (Wildman–Crippen MR) is 58.8 cm³/mol. The molecule has 0 radical (unpaired) electrons. The molecule has 0 saturated carbocycles. The molecule has 0 atom stereocenters. The molecule has 0 spiro atoms. The highest BCUT2D eigenvalue weighted by atomic mass is 32.1. The van der Waals surface area contributed by atoms with Crippen LogP contribution in [0.2, 0.25) is 0 Å². The Morgan fingerprint density at radius 2 is 2.50 bits per heavy atom. The molecule has 2 aromatic heterocycles. The molecular weight excluding hydrogens is 216 g/mol. The Balaban J connectivity index is 2.48. The normalized spacial score (nSPS) is 10.6. The average Bonchev–Trinajstić information content (AvgIpc) is 2.77. The summed E-state index contributed by atoms with van der Waals surface area (Å²) < 4.78 is 2.64. The van der Waals surface area contributed by atoms with Crippen LogP contribution in [0.4, 0.5) is 0 Å². The third-order valence-electron chi connectivity index (χ3n) is 1.87. The Hall–Kier alpha value is -1.01. The first-order valence-electron chi connectivity index (χ1n) is 4.36. The van der Waals surface area contributed by atoms with E-state index in [9.17, 15) is 0 Å². The van der Waals surface area contributed by atoms with Crippen molar-refractivity contribution in [2.45, 2.75) is 19.9 Å². The fourth-order valence-electron chi connectivity index (χ4n) is 1.27. The highest BCUT2D eigenvalue weighted by Gasteiger charge is 2.08. The molecule has 2 aromatic rings. The number of hydrogen-bond donors (Lipinski definition) is 1. The average molecular weight is 226 g/mol. The van der Waals surface area contributed by atoms with Crippen LogP contribution in [0, 0.1) is 4.77 Å². The first kappa shape index (κ1) is 9.54. The van der Waals surface area contributed by atoms with Crippen LogP contribution in [-0.2, 0) is 6.54 Å². The minimum Gasteiger partial charge on any atom is -0.299 e. The number of thiazole rings is 1. The van der Waals surface area contributed by atoms with Crippen molar-refractivity contribution in [2.75, 3.05) is 0 Å². The van der Waals surface area contributed by atoms with Gasteiger partial charge in [0.2, 0.25) is 0 Å². The highest BCUT2D eigenvalue weighted by molar-refractivity contribution is 7.71. The molecule has 1 N–H and O–H groups in total. The number of nitrogens with zero attached hydrogens (tertiary/aromatic N) is 3. The molecule has 2 rings (SSSR count). The molecule has 0 amide bonds. The Bertz CT molecular complexity index is 454. The van der Waals surface area contributed by atoms with Crippen molar-refractivity contribution in [3.8, 4) is 11.5 Å². The van der Waals surface area contributed by atoms with E-state index in [0.29, 0.717) is 4.77 Å². The van der Waals surface area contributed by atoms with Crippen LogP contribution in [0.3, 0.4) is 0 Å². The van der Waals surface area contributed by atoms with Crippen molar-refractivity contribution in [2.24, 2.45) is 0 Å². The van der Waals surface area contributed by atoms with Gasteiger partial charge in [0.1, 0.15) is 5.69 Å². The quantitative estimate of drug-likeness (QED) is 0.818. The fraction of sp³-hybridized carbons (Fsp3) is 0.375. The molecule has 0 aliphatic heterocycles. The summed E-state index contributed by atoms with van der Waals surface area (Å²) >= 11 is 6.69. The maximum atomic E-state index is 5.13. The summed E-state index contributed by atoms with van der Waals surface area (Å²) in [6.45, 7) is 2.99. The number of hydrogen-bond acceptors (Lipinski definition) is 4. The van der Waals surface area contributed by atoms with Gasteiger partial charge in [-0.1, -0.05) is 6.92 Å². The molecule has 0 aliphatic carbocycles. The van der Waals surface area contributed by atoms with E-state index in [1.807, 2.05) is 9.95 Å². The van der Waals surface area contributed by atoms with Crippen LogP contribution in [0.1, 0.15) is 13.3 Å². The van der Waals surface area contributed by atoms with Crippen molar-refractivity contribution >= 4 is 23.6 Å². The van der Waals surface area contributed by atoms with Gasteiger partial charge in [0.25, 0.3) is 0 Å². The second kappa shape index (κ2) is 4.02. The van der Waals surface area contributed by atoms with Gasteiger partial charge in [-0.25, -0.2) is 4.98 Å². The van der Waals surface area contributed by atoms with E-state index in [-0.39, 0.29) is 0 Å². The molecule has 0 unspecified atom stereocenters. The van der Waals surface area contributed by atoms with Crippen LogP contribution >= 0.6 is 23.6 Å². The van der Waals surface area contributed by atoms with E-state index in [1.165, 1.54) is 0 Å². The Kier molecular flexibility index (Phi) is 2.74. The van der Waals surface area contributed by atoms with Gasteiger partial charge in [-0.05, 0) is 18.6 Å². The van der Waals surface area contributed by atoms with Crippen molar-refractivity contribution < 1.29 is 0 Å². The second-order valence-electron chi connectivity index (χ2n) is 2.88. The highest BCUT2D eigenvalue weighted by Crippen LogP contribution is 2.16. The first-order valence-corrected chi connectivity index (χ1v) is 5.71. The minimum atomic E-state index is 0.662. The number of aromatic amines is 1.